The molecule has 20 heavy (non-hydrogen) atoms. The Balaban J connectivity index is 2.19. The molecule has 0 spiro atoms. The zero-order valence-electron chi connectivity index (χ0n) is 11.1. The normalized spacial score (nSPS) is 16.9. The van der Waals surface area contributed by atoms with E-state index in [9.17, 15) is 4.79 Å². The number of amidine groups is 1. The number of halogens is 1. The number of hydrogen-bond acceptors (Lipinski definition) is 3. The van der Waals surface area contributed by atoms with Gasteiger partial charge in [-0.1, -0.05) is 36.0 Å². The maximum absolute atomic E-state index is 12.2. The number of carbonyl (C=O) groups excluding carboxylic acids is 1. The molecule has 0 heterocycles. The van der Waals surface area contributed by atoms with Crippen molar-refractivity contribution in [1.82, 2.24) is 0 Å². The topological polar surface area (TPSA) is 87.7 Å². The van der Waals surface area contributed by atoms with Crippen LogP contribution in [0, 0.1) is 5.92 Å². The Morgan fingerprint density at radius 3 is 2.70 bits per heavy atom. The molecular weight excluding hydrogens is 278 g/mol. The van der Waals surface area contributed by atoms with E-state index in [2.05, 4.69) is 10.5 Å². The number of oxime groups is 1. The highest BCUT2D eigenvalue weighted by atomic mass is 35.5. The fourth-order valence-electron chi connectivity index (χ4n) is 2.50. The quantitative estimate of drug-likeness (QED) is 0.347. The summed E-state index contributed by atoms with van der Waals surface area (Å²) >= 11 is 5.94. The Morgan fingerprint density at radius 1 is 1.35 bits per heavy atom. The highest BCUT2D eigenvalue weighted by Crippen LogP contribution is 2.27. The highest BCUT2D eigenvalue weighted by molar-refractivity contribution is 6.31. The van der Waals surface area contributed by atoms with E-state index in [0.29, 0.717) is 16.3 Å². The first-order valence-corrected chi connectivity index (χ1v) is 7.08. The molecule has 1 aromatic carbocycles. The van der Waals surface area contributed by atoms with E-state index in [4.69, 9.17) is 22.5 Å². The van der Waals surface area contributed by atoms with Crippen molar-refractivity contribution in [3.8, 4) is 0 Å². The molecule has 0 aliphatic heterocycles. The van der Waals surface area contributed by atoms with Gasteiger partial charge in [0, 0.05) is 16.5 Å². The standard InChI is InChI=1S/C14H18ClN3O2/c15-10-6-7-11(13(16)18-20)12(8-10)17-14(19)9-4-2-1-3-5-9/h6-9,20H,1-5H2,(H2,16,18)(H,17,19). The minimum Gasteiger partial charge on any atom is -0.409 e. The Hall–Kier alpha value is -1.75. The molecule has 2 rings (SSSR count). The molecule has 1 fully saturated rings. The minimum atomic E-state index is -0.0550. The van der Waals surface area contributed by atoms with Crippen LogP contribution >= 0.6 is 11.6 Å². The number of hydrogen-bond donors (Lipinski definition) is 3. The zero-order valence-corrected chi connectivity index (χ0v) is 11.9. The van der Waals surface area contributed by atoms with Gasteiger partial charge in [0.15, 0.2) is 5.84 Å². The first kappa shape index (κ1) is 14.7. The third-order valence-corrected chi connectivity index (χ3v) is 3.83. The zero-order chi connectivity index (χ0) is 14.5. The van der Waals surface area contributed by atoms with Crippen LogP contribution in [0.25, 0.3) is 0 Å². The second-order valence-corrected chi connectivity index (χ2v) is 5.44. The lowest BCUT2D eigenvalue weighted by Gasteiger charge is -2.21. The Bertz CT molecular complexity index is 525. The van der Waals surface area contributed by atoms with Crippen LogP contribution in [0.5, 0.6) is 0 Å². The molecule has 6 heteroatoms. The number of rotatable bonds is 3. The summed E-state index contributed by atoms with van der Waals surface area (Å²) < 4.78 is 0. The summed E-state index contributed by atoms with van der Waals surface area (Å²) in [5.41, 5.74) is 6.54. The molecule has 1 amide bonds. The summed E-state index contributed by atoms with van der Waals surface area (Å²) in [5.74, 6) is -0.0533. The van der Waals surface area contributed by atoms with Crippen molar-refractivity contribution in [3.05, 3.63) is 28.8 Å². The lowest BCUT2D eigenvalue weighted by Crippen LogP contribution is -2.26. The first-order chi connectivity index (χ1) is 9.61. The molecule has 0 saturated heterocycles. The van der Waals surface area contributed by atoms with Crippen LogP contribution in [0.1, 0.15) is 37.7 Å². The molecule has 1 saturated carbocycles. The average Bonchev–Trinajstić information content (AvgIpc) is 2.47. The summed E-state index contributed by atoms with van der Waals surface area (Å²) in [6.45, 7) is 0. The lowest BCUT2D eigenvalue weighted by molar-refractivity contribution is -0.120. The molecule has 0 unspecified atom stereocenters. The summed E-state index contributed by atoms with van der Waals surface area (Å²) in [4.78, 5) is 12.2. The maximum atomic E-state index is 12.2. The van der Waals surface area contributed by atoms with Crippen molar-refractivity contribution in [1.29, 1.82) is 0 Å². The van der Waals surface area contributed by atoms with Crippen molar-refractivity contribution in [3.63, 3.8) is 0 Å². The number of nitrogens with zero attached hydrogens (tertiary/aromatic N) is 1. The second-order valence-electron chi connectivity index (χ2n) is 5.00. The largest absolute Gasteiger partial charge is 0.409 e. The summed E-state index contributed by atoms with van der Waals surface area (Å²) in [5, 5.41) is 15.1. The van der Waals surface area contributed by atoms with Gasteiger partial charge < -0.3 is 16.3 Å². The smallest absolute Gasteiger partial charge is 0.227 e. The van der Waals surface area contributed by atoms with Crippen molar-refractivity contribution < 1.29 is 10.0 Å². The van der Waals surface area contributed by atoms with Crippen LogP contribution in [0.3, 0.4) is 0 Å². The van der Waals surface area contributed by atoms with E-state index >= 15 is 0 Å². The van der Waals surface area contributed by atoms with Crippen LogP contribution in [0.2, 0.25) is 5.02 Å². The van der Waals surface area contributed by atoms with Crippen molar-refractivity contribution in [2.45, 2.75) is 32.1 Å². The highest BCUT2D eigenvalue weighted by Gasteiger charge is 2.22. The molecule has 0 atom stereocenters. The Kier molecular flexibility index (Phi) is 4.84. The van der Waals surface area contributed by atoms with Gasteiger partial charge in [0.05, 0.1) is 5.69 Å². The van der Waals surface area contributed by atoms with Crippen molar-refractivity contribution >= 4 is 29.0 Å². The maximum Gasteiger partial charge on any atom is 0.227 e. The molecule has 0 radical (unpaired) electrons. The van der Waals surface area contributed by atoms with Crippen LogP contribution in [0.4, 0.5) is 5.69 Å². The molecular formula is C14H18ClN3O2. The fourth-order valence-corrected chi connectivity index (χ4v) is 2.67. The van der Waals surface area contributed by atoms with E-state index < -0.39 is 0 Å². The predicted octanol–water partition coefficient (Wildman–Crippen LogP) is 2.95. The van der Waals surface area contributed by atoms with Crippen LogP contribution in [-0.2, 0) is 4.79 Å². The lowest BCUT2D eigenvalue weighted by atomic mass is 9.88. The molecule has 1 aliphatic carbocycles. The molecule has 1 aromatic rings. The SMILES string of the molecule is NC(=NO)c1ccc(Cl)cc1NC(=O)C1CCCCC1. The molecule has 4 N–H and O–H groups in total. The number of carbonyl (C=O) groups is 1. The number of benzene rings is 1. The van der Waals surface area contributed by atoms with Gasteiger partial charge in [-0.25, -0.2) is 0 Å². The third kappa shape index (κ3) is 3.42. The summed E-state index contributed by atoms with van der Waals surface area (Å²) in [7, 11) is 0. The molecule has 0 bridgehead atoms. The van der Waals surface area contributed by atoms with Gasteiger partial charge in [0.2, 0.25) is 5.91 Å². The van der Waals surface area contributed by atoms with Crippen LogP contribution in [0.15, 0.2) is 23.4 Å². The summed E-state index contributed by atoms with van der Waals surface area (Å²) in [6.07, 6.45) is 5.17. The third-order valence-electron chi connectivity index (χ3n) is 3.60. The van der Waals surface area contributed by atoms with Gasteiger partial charge in [-0.05, 0) is 31.0 Å². The Labute approximate surface area is 122 Å². The first-order valence-electron chi connectivity index (χ1n) is 6.70. The second kappa shape index (κ2) is 6.61. The molecule has 0 aromatic heterocycles. The molecule has 1 aliphatic rings. The van der Waals surface area contributed by atoms with Gasteiger partial charge in [-0.3, -0.25) is 4.79 Å². The van der Waals surface area contributed by atoms with Gasteiger partial charge in [-0.15, -0.1) is 0 Å². The monoisotopic (exact) mass is 295 g/mol. The van der Waals surface area contributed by atoms with E-state index in [-0.39, 0.29) is 17.7 Å². The number of nitrogens with one attached hydrogen (secondary N) is 1. The number of anilines is 1. The fraction of sp³-hybridized carbons (Fsp3) is 0.429. The molecule has 108 valence electrons. The summed E-state index contributed by atoms with van der Waals surface area (Å²) in [6, 6.07) is 4.86. The number of amides is 1. The Morgan fingerprint density at radius 2 is 2.05 bits per heavy atom. The molecule has 5 nitrogen and oxygen atoms in total. The number of nitrogens with two attached hydrogens (primary N) is 1. The van der Waals surface area contributed by atoms with Crippen molar-refractivity contribution in [2.75, 3.05) is 5.32 Å². The van der Waals surface area contributed by atoms with Crippen LogP contribution in [-0.4, -0.2) is 17.0 Å². The average molecular weight is 296 g/mol. The van der Waals surface area contributed by atoms with E-state index in [1.54, 1.807) is 18.2 Å². The van der Waals surface area contributed by atoms with Gasteiger partial charge in [0.1, 0.15) is 0 Å². The van der Waals surface area contributed by atoms with E-state index in [0.717, 1.165) is 25.7 Å². The van der Waals surface area contributed by atoms with E-state index in [1.165, 1.54) is 6.42 Å². The predicted molar refractivity (Wildman–Crippen MR) is 79.2 cm³/mol. The van der Waals surface area contributed by atoms with Crippen molar-refractivity contribution in [2.24, 2.45) is 16.8 Å². The van der Waals surface area contributed by atoms with Gasteiger partial charge in [-0.2, -0.15) is 0 Å². The van der Waals surface area contributed by atoms with Gasteiger partial charge in [0.25, 0.3) is 0 Å². The van der Waals surface area contributed by atoms with Crippen LogP contribution < -0.4 is 11.1 Å². The minimum absolute atomic E-state index is 0.0287. The van der Waals surface area contributed by atoms with E-state index in [1.807, 2.05) is 0 Å². The van der Waals surface area contributed by atoms with Gasteiger partial charge >= 0.3 is 0 Å².